The third-order valence-corrected chi connectivity index (χ3v) is 22.0. The molecule has 20 heteroatoms. The third-order valence-electron chi connectivity index (χ3n) is 11.8. The molecule has 4 nitrogen and oxygen atoms in total. The topological polar surface area (TPSA) is 68.3 Å². The number of carbonyl (C=O) groups is 4. The number of carbonyl (C=O) groups excluding carboxylic acids is 4. The van der Waals surface area contributed by atoms with Gasteiger partial charge >= 0.3 is 0 Å². The number of thiophene rings is 8. The van der Waals surface area contributed by atoms with Gasteiger partial charge in [0.1, 0.15) is 11.1 Å². The van der Waals surface area contributed by atoms with Crippen molar-refractivity contribution in [2.75, 3.05) is 0 Å². The van der Waals surface area contributed by atoms with Crippen molar-refractivity contribution in [3.05, 3.63) is 174 Å². The summed E-state index contributed by atoms with van der Waals surface area (Å²) in [6.45, 7) is 1.75. The molecule has 0 radical (unpaired) electrons. The first kappa shape index (κ1) is 45.3. The predicted octanol–water partition coefficient (Wildman–Crippen LogP) is 17.1. The van der Waals surface area contributed by atoms with Crippen LogP contribution in [-0.2, 0) is 0 Å². The highest BCUT2D eigenvalue weighted by Crippen LogP contribution is 2.55. The molecule has 0 atom stereocenters. The van der Waals surface area contributed by atoms with Gasteiger partial charge in [-0.1, -0.05) is 0 Å². The van der Waals surface area contributed by atoms with Crippen molar-refractivity contribution in [1.82, 2.24) is 0 Å². The minimum atomic E-state index is -1.76. The van der Waals surface area contributed by atoms with E-state index in [4.69, 9.17) is 0 Å². The highest BCUT2D eigenvalue weighted by Gasteiger charge is 2.36. The predicted molar refractivity (Wildman–Crippen MR) is 263 cm³/mol. The molecule has 0 bridgehead atoms. The van der Waals surface area contributed by atoms with Crippen LogP contribution in [0.4, 0.5) is 35.1 Å². The highest BCUT2D eigenvalue weighted by atomic mass is 32.1. The molecule has 12 rings (SSSR count). The lowest BCUT2D eigenvalue weighted by molar-refractivity contribution is 0.102. The van der Waals surface area contributed by atoms with Crippen molar-refractivity contribution >= 4 is 114 Å². The minimum Gasteiger partial charge on any atom is -0.288 e. The summed E-state index contributed by atoms with van der Waals surface area (Å²) in [5.74, 6) is -16.3. The molecule has 0 spiro atoms. The Kier molecular flexibility index (Phi) is 10.6. The lowest BCUT2D eigenvalue weighted by Crippen LogP contribution is -2.12. The molecule has 10 aromatic rings. The first-order chi connectivity index (χ1) is 33.5. The average molecular weight is 1090 g/mol. The van der Waals surface area contributed by atoms with E-state index < -0.39 is 80.4 Å². The van der Waals surface area contributed by atoms with E-state index in [9.17, 15) is 54.3 Å². The van der Waals surface area contributed by atoms with E-state index in [1.165, 1.54) is 57.5 Å². The first-order valence-electron chi connectivity index (χ1n) is 20.3. The van der Waals surface area contributed by atoms with Gasteiger partial charge in [0.05, 0.1) is 29.3 Å². The molecule has 0 saturated heterocycles. The number of hydrogen-bond donors (Lipinski definition) is 0. The van der Waals surface area contributed by atoms with E-state index in [1.54, 1.807) is 46.9 Å². The van der Waals surface area contributed by atoms with Crippen LogP contribution in [0.1, 0.15) is 73.4 Å². The van der Waals surface area contributed by atoms with Gasteiger partial charge in [-0.05, 0) is 86.6 Å². The molecule has 0 aliphatic heterocycles. The van der Waals surface area contributed by atoms with E-state index in [0.717, 1.165) is 85.3 Å². The quantitative estimate of drug-likeness (QED) is 0.0820. The molecular weight excluding hydrogens is 1070 g/mol. The van der Waals surface area contributed by atoms with Gasteiger partial charge in [0, 0.05) is 82.2 Å². The van der Waals surface area contributed by atoms with Crippen LogP contribution in [0.2, 0.25) is 0 Å². The van der Waals surface area contributed by atoms with Gasteiger partial charge in [-0.15, -0.1) is 90.7 Å². The van der Waals surface area contributed by atoms with Crippen LogP contribution in [0.15, 0.2) is 72.8 Å². The summed E-state index contributed by atoms with van der Waals surface area (Å²) in [6, 6.07) is 20.9. The zero-order chi connectivity index (χ0) is 48.9. The monoisotopic (exact) mass is 1090 g/mol. The molecule has 2 aromatic carbocycles. The molecule has 8 aromatic heterocycles. The van der Waals surface area contributed by atoms with Gasteiger partial charge in [0.15, 0.2) is 58.1 Å². The number of rotatable bonds is 9. The molecule has 2 aliphatic rings. The van der Waals surface area contributed by atoms with Crippen molar-refractivity contribution in [2.45, 2.75) is 13.8 Å². The maximum atomic E-state index is 14.7. The Hall–Kier alpha value is -5.84. The highest BCUT2D eigenvalue weighted by molar-refractivity contribution is 7.32. The second-order valence-corrected chi connectivity index (χ2v) is 24.4. The Morgan fingerprint density at radius 3 is 0.857 bits per heavy atom. The van der Waals surface area contributed by atoms with Crippen LogP contribution in [-0.4, -0.2) is 23.1 Å². The minimum absolute atomic E-state index is 0.131. The second kappa shape index (κ2) is 16.4. The Balaban J connectivity index is 0.762. The van der Waals surface area contributed by atoms with Crippen LogP contribution in [0.5, 0.6) is 0 Å². The smallest absolute Gasteiger partial charge is 0.209 e. The molecule has 8 heterocycles. The van der Waals surface area contributed by atoms with Crippen LogP contribution in [0, 0.1) is 60.4 Å². The summed E-state index contributed by atoms with van der Waals surface area (Å²) in [5.41, 5.74) is -2.23. The van der Waals surface area contributed by atoms with Crippen molar-refractivity contribution in [3.63, 3.8) is 0 Å². The summed E-state index contributed by atoms with van der Waals surface area (Å²) < 4.78 is 116. The molecule has 0 saturated carbocycles. The van der Waals surface area contributed by atoms with Gasteiger partial charge in [0.25, 0.3) is 0 Å². The van der Waals surface area contributed by atoms with Gasteiger partial charge in [-0.2, -0.15) is 0 Å². The fraction of sp³-hybridized carbons (Fsp3) is 0.0400. The van der Waals surface area contributed by atoms with Gasteiger partial charge < -0.3 is 0 Å². The fourth-order valence-corrected chi connectivity index (χ4v) is 17.5. The molecule has 0 amide bonds. The Morgan fingerprint density at radius 1 is 0.329 bits per heavy atom. The molecule has 70 heavy (non-hydrogen) atoms. The van der Waals surface area contributed by atoms with Crippen molar-refractivity contribution in [1.29, 1.82) is 0 Å². The first-order valence-corrected chi connectivity index (χ1v) is 26.8. The summed E-state index contributed by atoms with van der Waals surface area (Å²) in [7, 11) is 0. The standard InChI is InChI=1S/C50H18F8O4S8/c1-15-35(51)39(55)33(40(56)36(15)52)45(61)27-9-7-25(65-27)31-13-19-43(59)17-11-29(67-47(17)49(19)69-31)23-5-3-21(63-23)22-4-6-24(64-22)30-12-18-44(60)20-14-32(70-50(20)48(18)68-30)26-8-10-28(66-26)46(62)34-41(57)37(53)16(2)38(54)42(34)58/h3-14H,1-2H3. The number of halogens is 8. The number of ketones is 4. The maximum Gasteiger partial charge on any atom is 0.209 e. The summed E-state index contributed by atoms with van der Waals surface area (Å²) >= 11 is 10.5. The van der Waals surface area contributed by atoms with Crippen LogP contribution in [0.3, 0.4) is 0 Å². The van der Waals surface area contributed by atoms with Gasteiger partial charge in [0.2, 0.25) is 11.6 Å². The van der Waals surface area contributed by atoms with E-state index in [-0.39, 0.29) is 21.3 Å². The van der Waals surface area contributed by atoms with E-state index in [2.05, 4.69) is 0 Å². The van der Waals surface area contributed by atoms with E-state index >= 15 is 0 Å². The summed E-state index contributed by atoms with van der Waals surface area (Å²) in [6.07, 6.45) is 0. The van der Waals surface area contributed by atoms with Crippen LogP contribution < -0.4 is 0 Å². The normalized spacial score (nSPS) is 12.6. The molecule has 2 aliphatic carbocycles. The third kappa shape index (κ3) is 6.71. The lowest BCUT2D eigenvalue weighted by Gasteiger charge is -2.07. The lowest BCUT2D eigenvalue weighted by atomic mass is 10.0. The molecular formula is C50H18F8O4S8. The van der Waals surface area contributed by atoms with Crippen LogP contribution in [0.25, 0.3) is 68.3 Å². The zero-order valence-electron chi connectivity index (χ0n) is 34.9. The molecule has 346 valence electrons. The second-order valence-electron chi connectivity index (χ2n) is 15.9. The average Bonchev–Trinajstić information content (AvgIpc) is 4.18. The summed E-state index contributed by atoms with van der Waals surface area (Å²) in [5, 5.41) is 0. The van der Waals surface area contributed by atoms with E-state index in [0.29, 0.717) is 41.8 Å². The Morgan fingerprint density at radius 2 is 0.571 bits per heavy atom. The largest absolute Gasteiger partial charge is 0.288 e. The van der Waals surface area contributed by atoms with Crippen molar-refractivity contribution < 1.29 is 54.3 Å². The Labute approximate surface area is 420 Å². The zero-order valence-corrected chi connectivity index (χ0v) is 41.4. The van der Waals surface area contributed by atoms with Crippen LogP contribution >= 0.6 is 90.7 Å². The molecule has 0 fully saturated rings. The van der Waals surface area contributed by atoms with Gasteiger partial charge in [-0.25, -0.2) is 35.1 Å². The fourth-order valence-electron chi connectivity index (χ4n) is 8.21. The van der Waals surface area contributed by atoms with E-state index in [1.807, 2.05) is 36.4 Å². The summed E-state index contributed by atoms with van der Waals surface area (Å²) in [4.78, 5) is 64.3. The van der Waals surface area contributed by atoms with Gasteiger partial charge in [-0.3, -0.25) is 19.2 Å². The number of benzene rings is 2. The molecule has 0 unspecified atom stereocenters. The Bertz CT molecular complexity index is 3700. The van der Waals surface area contributed by atoms with Crippen molar-refractivity contribution in [3.8, 4) is 68.3 Å². The SMILES string of the molecule is Cc1c(F)c(F)c(C(=O)c2ccc(-c3cc4c(s3)-c3sc(-c5ccc(-c6ccc(-c7cc8c(s7)-c7sc(-c9ccc(C(=O)c%10c(F)c(F)c(C)c(F)c%10F)s9)cc7C8=O)s6)s5)cc3C4=O)s2)c(F)c1F. The maximum absolute atomic E-state index is 14.7. The number of hydrogen-bond acceptors (Lipinski definition) is 12. The van der Waals surface area contributed by atoms with Crippen molar-refractivity contribution in [2.24, 2.45) is 0 Å². The number of fused-ring (bicyclic) bond motifs is 6. The molecule has 0 N–H and O–H groups in total.